The Labute approximate surface area is 114 Å². The number of hydrogen-bond donors (Lipinski definition) is 2. The van der Waals surface area contributed by atoms with Crippen LogP contribution in [0.3, 0.4) is 0 Å². The largest absolute Gasteiger partial charge is 1.00 e. The van der Waals surface area contributed by atoms with Gasteiger partial charge in [0.25, 0.3) is 0 Å². The molecule has 0 atom stereocenters. The number of halogens is 1. The van der Waals surface area contributed by atoms with E-state index in [9.17, 15) is 0 Å². The lowest BCUT2D eigenvalue weighted by Crippen LogP contribution is -3.00. The first-order chi connectivity index (χ1) is 8.45. The summed E-state index contributed by atoms with van der Waals surface area (Å²) in [6.45, 7) is 1.70. The molecule has 0 aromatic heterocycles. The molecule has 0 aliphatic rings. The van der Waals surface area contributed by atoms with Gasteiger partial charge < -0.3 is 12.4 Å². The first-order valence-electron chi connectivity index (χ1n) is 5.81. The van der Waals surface area contributed by atoms with Crippen molar-refractivity contribution in [2.75, 3.05) is 0 Å². The molecule has 0 aliphatic heterocycles. The van der Waals surface area contributed by atoms with Gasteiger partial charge in [0.2, 0.25) is 6.34 Å². The molecular weight excluding hydrogens is 244 g/mol. The Kier molecular flexibility index (Phi) is 6.59. The van der Waals surface area contributed by atoms with Gasteiger partial charge in [-0.2, -0.15) is 0 Å². The molecule has 2 aromatic carbocycles. The molecule has 0 fully saturated rings. The van der Waals surface area contributed by atoms with Crippen LogP contribution in [0.4, 0.5) is 0 Å². The third-order valence-corrected chi connectivity index (χ3v) is 2.50. The van der Waals surface area contributed by atoms with Crippen LogP contribution in [0.1, 0.15) is 11.1 Å². The summed E-state index contributed by atoms with van der Waals surface area (Å²) in [5.74, 6) is 0. The van der Waals surface area contributed by atoms with Crippen LogP contribution in [0.2, 0.25) is 0 Å². The van der Waals surface area contributed by atoms with Crippen molar-refractivity contribution >= 4 is 6.34 Å². The maximum atomic E-state index is 3.24. The van der Waals surface area contributed by atoms with Crippen molar-refractivity contribution in [2.24, 2.45) is 0 Å². The minimum atomic E-state index is 0. The SMILES string of the molecule is C(NCc1ccccc1)=[NH+]Cc1ccccc1.[Cl-]. The minimum Gasteiger partial charge on any atom is -1.00 e. The van der Waals surface area contributed by atoms with Gasteiger partial charge in [0, 0.05) is 0 Å². The molecule has 0 radical (unpaired) electrons. The highest BCUT2D eigenvalue weighted by atomic mass is 35.5. The highest BCUT2D eigenvalue weighted by molar-refractivity contribution is 5.46. The fraction of sp³-hybridized carbons (Fsp3) is 0.133. The van der Waals surface area contributed by atoms with Crippen molar-refractivity contribution in [2.45, 2.75) is 13.1 Å². The third kappa shape index (κ3) is 5.02. The fourth-order valence-corrected chi connectivity index (χ4v) is 1.60. The second kappa shape index (κ2) is 8.31. The highest BCUT2D eigenvalue weighted by Gasteiger charge is 1.91. The van der Waals surface area contributed by atoms with Crippen LogP contribution in [0.5, 0.6) is 0 Å². The van der Waals surface area contributed by atoms with Crippen molar-refractivity contribution < 1.29 is 17.4 Å². The van der Waals surface area contributed by atoms with Crippen molar-refractivity contribution in [3.05, 3.63) is 71.8 Å². The van der Waals surface area contributed by atoms with E-state index in [1.807, 2.05) is 18.5 Å². The van der Waals surface area contributed by atoms with E-state index in [1.54, 1.807) is 0 Å². The van der Waals surface area contributed by atoms with Gasteiger partial charge in [-0.25, -0.2) is 0 Å². The Morgan fingerprint density at radius 3 is 2.00 bits per heavy atom. The molecule has 0 heterocycles. The lowest BCUT2D eigenvalue weighted by molar-refractivity contribution is -0.472. The van der Waals surface area contributed by atoms with Crippen molar-refractivity contribution in [1.29, 1.82) is 0 Å². The summed E-state index contributed by atoms with van der Waals surface area (Å²) in [5, 5.41) is 3.24. The van der Waals surface area contributed by atoms with Gasteiger partial charge in [0.05, 0.1) is 0 Å². The summed E-state index contributed by atoms with van der Waals surface area (Å²) in [6.07, 6.45) is 1.90. The van der Waals surface area contributed by atoms with Crippen LogP contribution in [0, 0.1) is 0 Å². The monoisotopic (exact) mass is 260 g/mol. The Bertz CT molecular complexity index is 454. The topological polar surface area (TPSA) is 26.0 Å². The second-order valence-electron chi connectivity index (χ2n) is 3.88. The summed E-state index contributed by atoms with van der Waals surface area (Å²) in [4.78, 5) is 3.24. The summed E-state index contributed by atoms with van der Waals surface area (Å²) in [5.41, 5.74) is 2.57. The fourth-order valence-electron chi connectivity index (χ4n) is 1.60. The molecule has 2 aromatic rings. The second-order valence-corrected chi connectivity index (χ2v) is 3.88. The van der Waals surface area contributed by atoms with Gasteiger partial charge in [-0.3, -0.25) is 10.3 Å². The number of nitrogens with one attached hydrogen (secondary N) is 2. The molecule has 2 nitrogen and oxygen atoms in total. The van der Waals surface area contributed by atoms with Crippen molar-refractivity contribution in [3.63, 3.8) is 0 Å². The van der Waals surface area contributed by atoms with Crippen LogP contribution < -0.4 is 22.7 Å². The average Bonchev–Trinajstić information content (AvgIpc) is 2.41. The van der Waals surface area contributed by atoms with Gasteiger partial charge in [-0.05, 0) is 11.1 Å². The zero-order valence-electron chi connectivity index (χ0n) is 10.1. The summed E-state index contributed by atoms with van der Waals surface area (Å²) < 4.78 is 0. The van der Waals surface area contributed by atoms with E-state index in [2.05, 4.69) is 58.8 Å². The Hall–Kier alpha value is -1.80. The van der Waals surface area contributed by atoms with E-state index in [4.69, 9.17) is 0 Å². The zero-order chi connectivity index (χ0) is 11.8. The molecule has 0 aliphatic carbocycles. The van der Waals surface area contributed by atoms with Gasteiger partial charge in [0.15, 0.2) is 0 Å². The van der Waals surface area contributed by atoms with Gasteiger partial charge >= 0.3 is 0 Å². The summed E-state index contributed by atoms with van der Waals surface area (Å²) in [6, 6.07) is 20.7. The molecule has 0 amide bonds. The smallest absolute Gasteiger partial charge is 0.230 e. The summed E-state index contributed by atoms with van der Waals surface area (Å²) >= 11 is 0. The first-order valence-corrected chi connectivity index (χ1v) is 5.81. The van der Waals surface area contributed by atoms with Crippen LogP contribution in [0.25, 0.3) is 0 Å². The molecule has 0 spiro atoms. The molecule has 2 N–H and O–H groups in total. The van der Waals surface area contributed by atoms with E-state index < -0.39 is 0 Å². The summed E-state index contributed by atoms with van der Waals surface area (Å²) in [7, 11) is 0. The van der Waals surface area contributed by atoms with E-state index >= 15 is 0 Å². The standard InChI is InChI=1S/C15H16N2.ClH/c1-3-7-14(8-4-1)11-16-13-17-12-15-9-5-2-6-10-15;/h1-10,13H,11-12H2,(H,16,17);1H. The first kappa shape index (κ1) is 14.3. The third-order valence-electron chi connectivity index (χ3n) is 2.50. The molecule has 94 valence electrons. The quantitative estimate of drug-likeness (QED) is 0.476. The van der Waals surface area contributed by atoms with Crippen LogP contribution in [-0.2, 0) is 13.1 Å². The zero-order valence-corrected chi connectivity index (χ0v) is 10.9. The van der Waals surface area contributed by atoms with Crippen molar-refractivity contribution in [1.82, 2.24) is 5.32 Å². The highest BCUT2D eigenvalue weighted by Crippen LogP contribution is 1.96. The molecule has 2 rings (SSSR count). The average molecular weight is 261 g/mol. The van der Waals surface area contributed by atoms with Gasteiger partial charge in [0.1, 0.15) is 13.1 Å². The Balaban J connectivity index is 0.00000162. The molecule has 3 heteroatoms. The molecule has 18 heavy (non-hydrogen) atoms. The Morgan fingerprint density at radius 1 is 0.833 bits per heavy atom. The van der Waals surface area contributed by atoms with E-state index in [-0.39, 0.29) is 12.4 Å². The molecular formula is C15H17ClN2. The maximum Gasteiger partial charge on any atom is 0.230 e. The normalized spacial score (nSPS) is 10.0. The van der Waals surface area contributed by atoms with Gasteiger partial charge in [-0.1, -0.05) is 60.7 Å². The van der Waals surface area contributed by atoms with Crippen LogP contribution in [-0.4, -0.2) is 6.34 Å². The molecule has 0 saturated carbocycles. The Morgan fingerprint density at radius 2 is 1.39 bits per heavy atom. The van der Waals surface area contributed by atoms with Gasteiger partial charge in [-0.15, -0.1) is 0 Å². The van der Waals surface area contributed by atoms with E-state index in [0.717, 1.165) is 13.1 Å². The number of benzene rings is 2. The van der Waals surface area contributed by atoms with Crippen molar-refractivity contribution in [3.8, 4) is 0 Å². The lowest BCUT2D eigenvalue weighted by Gasteiger charge is -1.95. The van der Waals surface area contributed by atoms with Crippen LogP contribution in [0.15, 0.2) is 60.7 Å². The molecule has 0 unspecified atom stereocenters. The van der Waals surface area contributed by atoms with E-state index in [1.165, 1.54) is 11.1 Å². The van der Waals surface area contributed by atoms with Crippen LogP contribution >= 0.6 is 0 Å². The number of rotatable bonds is 5. The van der Waals surface area contributed by atoms with E-state index in [0.29, 0.717) is 0 Å². The predicted octanol–water partition coefficient (Wildman–Crippen LogP) is -1.91. The maximum absolute atomic E-state index is 3.24. The lowest BCUT2D eigenvalue weighted by atomic mass is 10.2. The predicted molar refractivity (Wildman–Crippen MR) is 70.5 cm³/mol. The number of hydrogen-bond acceptors (Lipinski definition) is 0. The molecule has 0 saturated heterocycles. The molecule has 0 bridgehead atoms. The minimum absolute atomic E-state index is 0.